The number of alkyl halides is 3. The molecule has 15 heteroatoms. The molecule has 0 saturated carbocycles. The number of aromatic nitrogens is 2. The maximum atomic E-state index is 14.2. The quantitative estimate of drug-likeness (QED) is 0.147. The lowest BCUT2D eigenvalue weighted by molar-refractivity contribution is -0.137. The van der Waals surface area contributed by atoms with Crippen LogP contribution in [0.1, 0.15) is 30.5 Å². The second-order valence-corrected chi connectivity index (χ2v) is 11.1. The van der Waals surface area contributed by atoms with Crippen molar-refractivity contribution in [1.82, 2.24) is 20.2 Å². The van der Waals surface area contributed by atoms with E-state index in [1.807, 2.05) is 0 Å². The molecule has 48 heavy (non-hydrogen) atoms. The lowest BCUT2D eigenvalue weighted by Gasteiger charge is -2.26. The van der Waals surface area contributed by atoms with Gasteiger partial charge >= 0.3 is 12.2 Å². The normalized spacial score (nSPS) is 15.5. The Hall–Kier alpha value is -4.89. The second kappa shape index (κ2) is 14.5. The van der Waals surface area contributed by atoms with Crippen LogP contribution in [0.25, 0.3) is 10.9 Å². The number of hydrogen-bond acceptors (Lipinski definition) is 9. The van der Waals surface area contributed by atoms with Gasteiger partial charge in [-0.3, -0.25) is 4.90 Å². The van der Waals surface area contributed by atoms with Gasteiger partial charge in [0.05, 0.1) is 42.6 Å². The SMILES string of the molecule is CC(NC(=O)Nc1ccc(Oc2ncnc3cc(OCCCN4CCOCC4)c4c(c23)OCCO4)cc1C(F)(F)F)c1ccc(F)cc1. The summed E-state index contributed by atoms with van der Waals surface area (Å²) in [5.74, 6) is 0.315. The fraction of sp³-hybridized carbons (Fsp3) is 0.364. The third-order valence-electron chi connectivity index (χ3n) is 7.80. The van der Waals surface area contributed by atoms with E-state index in [-0.39, 0.29) is 30.6 Å². The molecule has 0 aliphatic carbocycles. The maximum Gasteiger partial charge on any atom is 0.418 e. The average molecular weight is 672 g/mol. The number of rotatable bonds is 10. The third kappa shape index (κ3) is 7.80. The maximum absolute atomic E-state index is 14.2. The number of halogens is 4. The molecule has 0 spiro atoms. The van der Waals surface area contributed by atoms with Crippen molar-refractivity contribution in [2.45, 2.75) is 25.6 Å². The minimum absolute atomic E-state index is 0.0553. The van der Waals surface area contributed by atoms with Crippen molar-refractivity contribution in [2.24, 2.45) is 0 Å². The first kappa shape index (κ1) is 33.0. The highest BCUT2D eigenvalue weighted by atomic mass is 19.4. The van der Waals surface area contributed by atoms with Crippen molar-refractivity contribution in [3.05, 3.63) is 71.8 Å². The van der Waals surface area contributed by atoms with E-state index in [0.717, 1.165) is 38.2 Å². The van der Waals surface area contributed by atoms with E-state index in [0.29, 0.717) is 47.8 Å². The van der Waals surface area contributed by atoms with Crippen LogP contribution in [0.3, 0.4) is 0 Å². The number of amides is 2. The van der Waals surface area contributed by atoms with Gasteiger partial charge in [-0.25, -0.2) is 19.2 Å². The lowest BCUT2D eigenvalue weighted by Crippen LogP contribution is -2.37. The number of ether oxygens (including phenoxy) is 5. The van der Waals surface area contributed by atoms with Crippen LogP contribution in [-0.4, -0.2) is 73.6 Å². The number of hydrogen-bond donors (Lipinski definition) is 2. The van der Waals surface area contributed by atoms with Crippen molar-refractivity contribution in [3.8, 4) is 28.9 Å². The van der Waals surface area contributed by atoms with Gasteiger partial charge in [-0.05, 0) is 49.2 Å². The van der Waals surface area contributed by atoms with Gasteiger partial charge < -0.3 is 34.3 Å². The topological polar surface area (TPSA) is 116 Å². The van der Waals surface area contributed by atoms with Crippen molar-refractivity contribution < 1.29 is 46.0 Å². The third-order valence-corrected chi connectivity index (χ3v) is 7.80. The van der Waals surface area contributed by atoms with Crippen molar-refractivity contribution in [2.75, 3.05) is 58.0 Å². The number of morpholine rings is 1. The zero-order valence-corrected chi connectivity index (χ0v) is 25.9. The number of anilines is 1. The molecule has 11 nitrogen and oxygen atoms in total. The number of nitrogens with zero attached hydrogens (tertiary/aromatic N) is 3. The molecule has 2 N–H and O–H groups in total. The van der Waals surface area contributed by atoms with Crippen LogP contribution < -0.4 is 29.6 Å². The summed E-state index contributed by atoms with van der Waals surface area (Å²) in [6, 6.07) is 8.70. The van der Waals surface area contributed by atoms with Crippen LogP contribution in [-0.2, 0) is 10.9 Å². The summed E-state index contributed by atoms with van der Waals surface area (Å²) in [6.07, 6.45) is -2.85. The molecule has 0 radical (unpaired) electrons. The number of carbonyl (C=O) groups is 1. The summed E-state index contributed by atoms with van der Waals surface area (Å²) in [7, 11) is 0. The molecule has 1 atom stereocenters. The Bertz CT molecular complexity index is 1750. The summed E-state index contributed by atoms with van der Waals surface area (Å²) >= 11 is 0. The fourth-order valence-electron chi connectivity index (χ4n) is 5.39. The Morgan fingerprint density at radius 2 is 1.75 bits per heavy atom. The van der Waals surface area contributed by atoms with Gasteiger partial charge in [0.15, 0.2) is 11.5 Å². The predicted molar refractivity (Wildman–Crippen MR) is 166 cm³/mol. The Balaban J connectivity index is 1.20. The lowest BCUT2D eigenvalue weighted by atomic mass is 10.1. The number of nitrogens with one attached hydrogen (secondary N) is 2. The summed E-state index contributed by atoms with van der Waals surface area (Å²) in [5, 5.41) is 5.11. The Kier molecular flexibility index (Phi) is 9.96. The number of carbonyl (C=O) groups excluding carboxylic acids is 1. The monoisotopic (exact) mass is 671 g/mol. The van der Waals surface area contributed by atoms with Gasteiger partial charge in [0.1, 0.15) is 36.5 Å². The highest BCUT2D eigenvalue weighted by molar-refractivity contribution is 5.94. The van der Waals surface area contributed by atoms with Gasteiger partial charge in [-0.1, -0.05) is 12.1 Å². The van der Waals surface area contributed by atoms with Gasteiger partial charge in [0, 0.05) is 25.7 Å². The Morgan fingerprint density at radius 3 is 2.50 bits per heavy atom. The molecular weight excluding hydrogens is 638 g/mol. The largest absolute Gasteiger partial charge is 0.489 e. The molecule has 2 aliphatic rings. The van der Waals surface area contributed by atoms with Crippen LogP contribution in [0, 0.1) is 5.82 Å². The first-order valence-corrected chi connectivity index (χ1v) is 15.4. The smallest absolute Gasteiger partial charge is 0.418 e. The molecular formula is C33H33F4N5O6. The van der Waals surface area contributed by atoms with Gasteiger partial charge in [0.2, 0.25) is 11.6 Å². The average Bonchev–Trinajstić information content (AvgIpc) is 3.07. The van der Waals surface area contributed by atoms with Crippen LogP contribution in [0.15, 0.2) is 54.9 Å². The highest BCUT2D eigenvalue weighted by Gasteiger charge is 2.35. The van der Waals surface area contributed by atoms with Gasteiger partial charge in [-0.2, -0.15) is 13.2 Å². The van der Waals surface area contributed by atoms with E-state index in [1.54, 1.807) is 13.0 Å². The second-order valence-electron chi connectivity index (χ2n) is 11.1. The molecule has 1 fully saturated rings. The van der Waals surface area contributed by atoms with E-state index < -0.39 is 35.3 Å². The van der Waals surface area contributed by atoms with Crippen molar-refractivity contribution in [1.29, 1.82) is 0 Å². The number of urea groups is 1. The van der Waals surface area contributed by atoms with Crippen LogP contribution in [0.5, 0.6) is 28.9 Å². The van der Waals surface area contributed by atoms with Crippen LogP contribution >= 0.6 is 0 Å². The summed E-state index contributed by atoms with van der Waals surface area (Å²) < 4.78 is 85.0. The molecule has 3 aromatic carbocycles. The van der Waals surface area contributed by atoms with Crippen LogP contribution in [0.2, 0.25) is 0 Å². The fourth-order valence-corrected chi connectivity index (χ4v) is 5.39. The molecule has 0 bridgehead atoms. The molecule has 1 saturated heterocycles. The van der Waals surface area contributed by atoms with E-state index in [4.69, 9.17) is 23.7 Å². The molecule has 1 aromatic heterocycles. The molecule has 1 unspecified atom stereocenters. The first-order chi connectivity index (χ1) is 23.2. The zero-order chi connectivity index (χ0) is 33.7. The first-order valence-electron chi connectivity index (χ1n) is 15.4. The molecule has 4 aromatic rings. The molecule has 3 heterocycles. The van der Waals surface area contributed by atoms with E-state index in [2.05, 4.69) is 25.5 Å². The van der Waals surface area contributed by atoms with Gasteiger partial charge in [-0.15, -0.1) is 0 Å². The van der Waals surface area contributed by atoms with Crippen molar-refractivity contribution in [3.63, 3.8) is 0 Å². The molecule has 254 valence electrons. The zero-order valence-electron chi connectivity index (χ0n) is 25.9. The van der Waals surface area contributed by atoms with Gasteiger partial charge in [0.25, 0.3) is 0 Å². The molecule has 2 aliphatic heterocycles. The molecule has 2 amide bonds. The standard InChI is InChI=1S/C33H33F4N5O6/c1-20(21-3-5-22(34)6-4-21)40-32(43)41-25-8-7-23(17-24(25)33(35,36)37)48-31-28-26(38-19-39-31)18-27(29-30(28)47-16-15-46-29)45-12-2-9-42-10-13-44-14-11-42/h3-8,17-20H,2,9-16H2,1H3,(H2,40,41,43). The minimum atomic E-state index is -4.84. The van der Waals surface area contributed by atoms with E-state index in [9.17, 15) is 22.4 Å². The number of benzene rings is 3. The summed E-state index contributed by atoms with van der Waals surface area (Å²) in [4.78, 5) is 23.4. The molecule has 6 rings (SSSR count). The van der Waals surface area contributed by atoms with Crippen molar-refractivity contribution >= 4 is 22.6 Å². The Labute approximate surface area is 273 Å². The highest BCUT2D eigenvalue weighted by Crippen LogP contribution is 2.48. The van der Waals surface area contributed by atoms with Crippen LogP contribution in [0.4, 0.5) is 28.0 Å². The predicted octanol–water partition coefficient (Wildman–Crippen LogP) is 6.34. The number of fused-ring (bicyclic) bond motifs is 3. The minimum Gasteiger partial charge on any atom is -0.489 e. The summed E-state index contributed by atoms with van der Waals surface area (Å²) in [6.45, 7) is 6.55. The van der Waals surface area contributed by atoms with E-state index >= 15 is 0 Å². The summed E-state index contributed by atoms with van der Waals surface area (Å²) in [5.41, 5.74) is -0.677. The van der Waals surface area contributed by atoms with E-state index in [1.165, 1.54) is 36.7 Å². The Morgan fingerprint density at radius 1 is 1.00 bits per heavy atom.